The van der Waals surface area contributed by atoms with E-state index in [1.165, 1.54) is 32.2 Å². The molecule has 1 aromatic heterocycles. The Morgan fingerprint density at radius 2 is 1.58 bits per heavy atom. The van der Waals surface area contributed by atoms with Gasteiger partial charge < -0.3 is 69.0 Å². The smallest absolute Gasteiger partial charge is 0.229 e. The van der Waals surface area contributed by atoms with Crippen LogP contribution >= 0.6 is 0 Å². The average Bonchev–Trinajstić information content (AvgIpc) is 2.97. The van der Waals surface area contributed by atoms with Gasteiger partial charge in [-0.2, -0.15) is 0 Å². The van der Waals surface area contributed by atoms with Crippen molar-refractivity contribution >= 4 is 11.0 Å². The maximum absolute atomic E-state index is 12.9. The first kappa shape index (κ1) is 30.9. The lowest BCUT2D eigenvalue weighted by Gasteiger charge is -2.45. The number of phenols is 2. The number of ether oxygens (including phenoxy) is 5. The Morgan fingerprint density at radius 3 is 2.26 bits per heavy atom. The number of aliphatic hydroxyl groups is 6. The van der Waals surface area contributed by atoms with Gasteiger partial charge in [-0.3, -0.25) is 4.79 Å². The molecule has 10 atom stereocenters. The molecule has 2 aliphatic heterocycles. The van der Waals surface area contributed by atoms with Crippen molar-refractivity contribution in [2.75, 3.05) is 13.7 Å². The molecule has 2 aromatic carbocycles. The number of phenolic OH excluding ortho intramolecular Hbond substituents is 2. The van der Waals surface area contributed by atoms with Gasteiger partial charge in [-0.1, -0.05) is 0 Å². The monoisotopic (exact) mass is 608 g/mol. The van der Waals surface area contributed by atoms with Gasteiger partial charge in [0.25, 0.3) is 0 Å². The Labute approximate surface area is 243 Å². The highest BCUT2D eigenvalue weighted by Gasteiger charge is 2.50. The van der Waals surface area contributed by atoms with Crippen LogP contribution in [0.1, 0.15) is 6.92 Å². The normalized spacial score (nSPS) is 32.9. The Morgan fingerprint density at radius 1 is 0.837 bits per heavy atom. The highest BCUT2D eigenvalue weighted by molar-refractivity contribution is 5.86. The molecule has 0 aliphatic carbocycles. The summed E-state index contributed by atoms with van der Waals surface area (Å²) in [5.74, 6) is -0.653. The number of methoxy groups -OCH3 is 1. The van der Waals surface area contributed by atoms with Crippen molar-refractivity contribution in [2.24, 2.45) is 0 Å². The predicted molar refractivity (Wildman–Crippen MR) is 143 cm³/mol. The van der Waals surface area contributed by atoms with Crippen LogP contribution in [0.3, 0.4) is 0 Å². The SMILES string of the molecule is COc1ccc(-c2cc(=O)c3c(O)cc(O[C@@H]4O[C@H](CO)[C@@H](O)[C@@H](O)[C@@H]4O[C@@H]4O[C@@H](C)[C@H](O)[C@H](O)[C@H]4O)cc3o2)cc1O. The topological polar surface area (TPSA) is 238 Å². The zero-order valence-electron chi connectivity index (χ0n) is 22.9. The summed E-state index contributed by atoms with van der Waals surface area (Å²) in [5.41, 5.74) is -0.414. The Balaban J connectivity index is 1.48. The molecule has 0 spiro atoms. The van der Waals surface area contributed by atoms with Crippen molar-refractivity contribution in [1.82, 2.24) is 0 Å². The molecule has 3 heterocycles. The number of fused-ring (bicyclic) bond motifs is 1. The molecule has 0 amide bonds. The minimum absolute atomic E-state index is 0.0410. The molecular weight excluding hydrogens is 576 g/mol. The van der Waals surface area contributed by atoms with Crippen molar-refractivity contribution in [3.05, 3.63) is 46.6 Å². The molecule has 2 saturated heterocycles. The highest BCUT2D eigenvalue weighted by Crippen LogP contribution is 2.36. The third kappa shape index (κ3) is 5.86. The van der Waals surface area contributed by atoms with Gasteiger partial charge in [-0.25, -0.2) is 0 Å². The van der Waals surface area contributed by atoms with Gasteiger partial charge in [0.2, 0.25) is 6.29 Å². The molecular formula is C28H32O15. The van der Waals surface area contributed by atoms with Crippen LogP contribution in [-0.2, 0) is 14.2 Å². The highest BCUT2D eigenvalue weighted by atomic mass is 16.8. The van der Waals surface area contributed by atoms with E-state index < -0.39 is 79.2 Å². The summed E-state index contributed by atoms with van der Waals surface area (Å²) in [6, 6.07) is 7.77. The number of hydrogen-bond donors (Lipinski definition) is 8. The van der Waals surface area contributed by atoms with Gasteiger partial charge in [-0.05, 0) is 25.1 Å². The zero-order valence-corrected chi connectivity index (χ0v) is 22.9. The number of aromatic hydroxyl groups is 2. The van der Waals surface area contributed by atoms with Gasteiger partial charge in [0.05, 0.1) is 19.8 Å². The molecule has 15 heteroatoms. The van der Waals surface area contributed by atoms with Crippen molar-refractivity contribution in [1.29, 1.82) is 0 Å². The first-order valence-electron chi connectivity index (χ1n) is 13.3. The third-order valence-corrected chi connectivity index (χ3v) is 7.42. The lowest BCUT2D eigenvalue weighted by molar-refractivity contribution is -0.354. The molecule has 0 saturated carbocycles. The molecule has 15 nitrogen and oxygen atoms in total. The van der Waals surface area contributed by atoms with Crippen molar-refractivity contribution in [3.63, 3.8) is 0 Å². The van der Waals surface area contributed by atoms with Crippen molar-refractivity contribution in [3.8, 4) is 34.3 Å². The van der Waals surface area contributed by atoms with E-state index in [9.17, 15) is 45.6 Å². The lowest BCUT2D eigenvalue weighted by atomic mass is 9.97. The van der Waals surface area contributed by atoms with Crippen molar-refractivity contribution in [2.45, 2.75) is 68.3 Å². The van der Waals surface area contributed by atoms with E-state index in [1.807, 2.05) is 0 Å². The molecule has 2 fully saturated rings. The number of aliphatic hydroxyl groups excluding tert-OH is 6. The maximum Gasteiger partial charge on any atom is 0.229 e. The molecule has 3 aromatic rings. The van der Waals surface area contributed by atoms with Gasteiger partial charge >= 0.3 is 0 Å². The van der Waals surface area contributed by atoms with E-state index in [0.29, 0.717) is 5.56 Å². The fourth-order valence-corrected chi connectivity index (χ4v) is 5.01. The number of benzene rings is 2. The molecule has 0 unspecified atom stereocenters. The minimum Gasteiger partial charge on any atom is -0.507 e. The van der Waals surface area contributed by atoms with E-state index in [-0.39, 0.29) is 34.0 Å². The molecule has 2 aliphatic rings. The van der Waals surface area contributed by atoms with Crippen LogP contribution in [0, 0.1) is 0 Å². The molecule has 43 heavy (non-hydrogen) atoms. The van der Waals surface area contributed by atoms with Crippen LogP contribution < -0.4 is 14.9 Å². The molecule has 0 bridgehead atoms. The summed E-state index contributed by atoms with van der Waals surface area (Å²) in [7, 11) is 1.38. The maximum atomic E-state index is 12.9. The second kappa shape index (κ2) is 12.2. The van der Waals surface area contributed by atoms with Crippen LogP contribution in [-0.4, -0.2) is 116 Å². The summed E-state index contributed by atoms with van der Waals surface area (Å²) in [6.45, 7) is 0.687. The Hall–Kier alpha value is -3.51. The van der Waals surface area contributed by atoms with Crippen LogP contribution in [0.5, 0.6) is 23.0 Å². The van der Waals surface area contributed by atoms with Gasteiger partial charge in [0.15, 0.2) is 29.3 Å². The summed E-state index contributed by atoms with van der Waals surface area (Å²) < 4.78 is 33.5. The summed E-state index contributed by atoms with van der Waals surface area (Å²) >= 11 is 0. The first-order valence-corrected chi connectivity index (χ1v) is 13.3. The van der Waals surface area contributed by atoms with Crippen LogP contribution in [0.25, 0.3) is 22.3 Å². The Bertz CT molecular complexity index is 1510. The fraction of sp³-hybridized carbons (Fsp3) is 0.464. The van der Waals surface area contributed by atoms with Crippen LogP contribution in [0.4, 0.5) is 0 Å². The molecule has 0 radical (unpaired) electrons. The number of rotatable bonds is 7. The van der Waals surface area contributed by atoms with Crippen LogP contribution in [0.15, 0.2) is 45.6 Å². The van der Waals surface area contributed by atoms with Gasteiger partial charge in [0, 0.05) is 23.8 Å². The quantitative estimate of drug-likeness (QED) is 0.159. The van der Waals surface area contributed by atoms with E-state index >= 15 is 0 Å². The second-order valence-corrected chi connectivity index (χ2v) is 10.3. The van der Waals surface area contributed by atoms with E-state index in [2.05, 4.69) is 0 Å². The number of hydrogen-bond acceptors (Lipinski definition) is 15. The largest absolute Gasteiger partial charge is 0.507 e. The summed E-state index contributed by atoms with van der Waals surface area (Å²) in [4.78, 5) is 12.9. The van der Waals surface area contributed by atoms with E-state index in [4.69, 9.17) is 28.1 Å². The predicted octanol–water partition coefficient (Wildman–Crippen LogP) is -1.09. The summed E-state index contributed by atoms with van der Waals surface area (Å²) in [6.07, 6.45) is -15.4. The van der Waals surface area contributed by atoms with E-state index in [0.717, 1.165) is 12.1 Å². The van der Waals surface area contributed by atoms with Gasteiger partial charge in [-0.15, -0.1) is 0 Å². The van der Waals surface area contributed by atoms with Crippen molar-refractivity contribution < 1.29 is 69.0 Å². The lowest BCUT2D eigenvalue weighted by Crippen LogP contribution is -2.64. The Kier molecular flexibility index (Phi) is 8.80. The van der Waals surface area contributed by atoms with E-state index in [1.54, 1.807) is 6.07 Å². The first-order chi connectivity index (χ1) is 20.4. The average molecular weight is 609 g/mol. The van der Waals surface area contributed by atoms with Crippen LogP contribution in [0.2, 0.25) is 0 Å². The standard InChI is InChI=1S/C28H32O15/c1-10-21(33)23(35)25(37)27(39-10)43-26-24(36)22(34)19(9-29)42-28(26)40-12-6-14(31)20-15(32)8-17(41-18(20)7-12)11-3-4-16(38-2)13(30)5-11/h3-8,10,19,21-31,33-37H,9H2,1-2H3/t10-,19+,21-,22+,23-,24+,25+,26-,27-,28+/m0/s1. The molecule has 234 valence electrons. The summed E-state index contributed by atoms with van der Waals surface area (Å²) in [5, 5.41) is 82.2. The second-order valence-electron chi connectivity index (χ2n) is 10.3. The molecule has 5 rings (SSSR count). The molecule has 8 N–H and O–H groups in total. The zero-order chi connectivity index (χ0) is 31.2. The van der Waals surface area contributed by atoms with Gasteiger partial charge in [0.1, 0.15) is 64.9 Å². The third-order valence-electron chi connectivity index (χ3n) is 7.42. The minimum atomic E-state index is -1.77. The fourth-order valence-electron chi connectivity index (χ4n) is 5.01.